The monoisotopic (exact) mass is 226 g/mol. The standard InChI is InChI=1S/C12H16F2N2/c1-16(11-4-5-15-7-11)8-9-2-3-10(13)6-12(9)14/h2-3,6,11,15H,4-5,7-8H2,1H3. The normalized spacial score (nSPS) is 20.6. The topological polar surface area (TPSA) is 15.3 Å². The first-order valence-corrected chi connectivity index (χ1v) is 5.51. The number of hydrogen-bond acceptors (Lipinski definition) is 2. The van der Waals surface area contributed by atoms with Gasteiger partial charge in [0.1, 0.15) is 11.6 Å². The molecule has 4 heteroatoms. The molecule has 2 rings (SSSR count). The van der Waals surface area contributed by atoms with Gasteiger partial charge in [0.05, 0.1) is 0 Å². The van der Waals surface area contributed by atoms with E-state index in [1.807, 2.05) is 7.05 Å². The van der Waals surface area contributed by atoms with Crippen molar-refractivity contribution in [1.82, 2.24) is 10.2 Å². The Bertz CT molecular complexity index is 362. The number of benzene rings is 1. The summed E-state index contributed by atoms with van der Waals surface area (Å²) in [5.41, 5.74) is 0.552. The van der Waals surface area contributed by atoms with Crippen LogP contribution in [0.3, 0.4) is 0 Å². The highest BCUT2D eigenvalue weighted by Crippen LogP contribution is 2.14. The molecule has 16 heavy (non-hydrogen) atoms. The quantitative estimate of drug-likeness (QED) is 0.844. The summed E-state index contributed by atoms with van der Waals surface area (Å²) in [6.45, 7) is 2.48. The summed E-state index contributed by atoms with van der Waals surface area (Å²) in [4.78, 5) is 2.11. The molecule has 0 aromatic heterocycles. The highest BCUT2D eigenvalue weighted by molar-refractivity contribution is 5.18. The van der Waals surface area contributed by atoms with Gasteiger partial charge in [0, 0.05) is 30.8 Å². The van der Waals surface area contributed by atoms with Crippen LogP contribution in [0.15, 0.2) is 18.2 Å². The van der Waals surface area contributed by atoms with Crippen molar-refractivity contribution in [1.29, 1.82) is 0 Å². The average Bonchev–Trinajstić information content (AvgIpc) is 2.75. The molecular formula is C12H16F2N2. The lowest BCUT2D eigenvalue weighted by Crippen LogP contribution is -2.33. The van der Waals surface area contributed by atoms with Crippen LogP contribution in [0.1, 0.15) is 12.0 Å². The minimum atomic E-state index is -0.522. The Balaban J connectivity index is 2.02. The maximum Gasteiger partial charge on any atom is 0.130 e. The predicted molar refractivity (Wildman–Crippen MR) is 59.1 cm³/mol. The summed E-state index contributed by atoms with van der Waals surface area (Å²) in [6.07, 6.45) is 1.08. The van der Waals surface area contributed by atoms with Crippen molar-refractivity contribution in [2.75, 3.05) is 20.1 Å². The van der Waals surface area contributed by atoms with Gasteiger partial charge in [0.15, 0.2) is 0 Å². The van der Waals surface area contributed by atoms with Crippen LogP contribution in [-0.4, -0.2) is 31.1 Å². The molecule has 0 bridgehead atoms. The second-order valence-electron chi connectivity index (χ2n) is 4.30. The Morgan fingerprint density at radius 2 is 2.25 bits per heavy atom. The van der Waals surface area contributed by atoms with Crippen LogP contribution < -0.4 is 5.32 Å². The second-order valence-corrected chi connectivity index (χ2v) is 4.30. The van der Waals surface area contributed by atoms with Crippen LogP contribution in [0.4, 0.5) is 8.78 Å². The second kappa shape index (κ2) is 4.89. The highest BCUT2D eigenvalue weighted by atomic mass is 19.1. The molecule has 1 aromatic carbocycles. The van der Waals surface area contributed by atoms with E-state index < -0.39 is 11.6 Å². The lowest BCUT2D eigenvalue weighted by molar-refractivity contribution is 0.245. The van der Waals surface area contributed by atoms with Crippen LogP contribution in [0.25, 0.3) is 0 Å². The first-order valence-electron chi connectivity index (χ1n) is 5.51. The molecule has 1 saturated heterocycles. The van der Waals surface area contributed by atoms with E-state index >= 15 is 0 Å². The van der Waals surface area contributed by atoms with Gasteiger partial charge in [-0.25, -0.2) is 8.78 Å². The third-order valence-electron chi connectivity index (χ3n) is 3.09. The number of halogens is 2. The maximum atomic E-state index is 13.4. The van der Waals surface area contributed by atoms with Gasteiger partial charge in [0.25, 0.3) is 0 Å². The molecule has 0 aliphatic carbocycles. The number of nitrogens with one attached hydrogen (secondary N) is 1. The van der Waals surface area contributed by atoms with E-state index in [2.05, 4.69) is 10.2 Å². The fraction of sp³-hybridized carbons (Fsp3) is 0.500. The van der Waals surface area contributed by atoms with Crippen LogP contribution >= 0.6 is 0 Å². The van der Waals surface area contributed by atoms with Gasteiger partial charge in [-0.3, -0.25) is 4.90 Å². The number of rotatable bonds is 3. The fourth-order valence-electron chi connectivity index (χ4n) is 2.06. The first kappa shape index (κ1) is 11.5. The number of hydrogen-bond donors (Lipinski definition) is 1. The zero-order valence-corrected chi connectivity index (χ0v) is 9.34. The van der Waals surface area contributed by atoms with Crippen LogP contribution in [0, 0.1) is 11.6 Å². The van der Waals surface area contributed by atoms with E-state index in [0.29, 0.717) is 18.2 Å². The summed E-state index contributed by atoms with van der Waals surface area (Å²) in [5, 5.41) is 3.27. The van der Waals surface area contributed by atoms with Gasteiger partial charge < -0.3 is 5.32 Å². The molecule has 1 N–H and O–H groups in total. The molecule has 1 aliphatic rings. The van der Waals surface area contributed by atoms with E-state index in [1.165, 1.54) is 12.1 Å². The summed E-state index contributed by atoms with van der Waals surface area (Å²) < 4.78 is 26.1. The van der Waals surface area contributed by atoms with E-state index in [4.69, 9.17) is 0 Å². The van der Waals surface area contributed by atoms with E-state index in [0.717, 1.165) is 25.6 Å². The van der Waals surface area contributed by atoms with Gasteiger partial charge in [-0.2, -0.15) is 0 Å². The van der Waals surface area contributed by atoms with Crippen molar-refractivity contribution in [2.45, 2.75) is 19.0 Å². The van der Waals surface area contributed by atoms with Gasteiger partial charge in [-0.1, -0.05) is 6.07 Å². The van der Waals surface area contributed by atoms with E-state index in [9.17, 15) is 8.78 Å². The minimum absolute atomic E-state index is 0.449. The Kier molecular flexibility index (Phi) is 3.51. The van der Waals surface area contributed by atoms with E-state index in [-0.39, 0.29) is 0 Å². The van der Waals surface area contributed by atoms with Gasteiger partial charge in [0.2, 0.25) is 0 Å². The zero-order valence-electron chi connectivity index (χ0n) is 9.34. The average molecular weight is 226 g/mol. The van der Waals surface area contributed by atoms with Crippen molar-refractivity contribution in [2.24, 2.45) is 0 Å². The predicted octanol–water partition coefficient (Wildman–Crippen LogP) is 1.76. The molecular weight excluding hydrogens is 210 g/mol. The van der Waals surface area contributed by atoms with Crippen molar-refractivity contribution in [3.8, 4) is 0 Å². The molecule has 0 amide bonds. The smallest absolute Gasteiger partial charge is 0.130 e. The van der Waals surface area contributed by atoms with Crippen LogP contribution in [0.5, 0.6) is 0 Å². The van der Waals surface area contributed by atoms with Crippen LogP contribution in [-0.2, 0) is 6.54 Å². The molecule has 0 radical (unpaired) electrons. The largest absolute Gasteiger partial charge is 0.315 e. The third-order valence-corrected chi connectivity index (χ3v) is 3.09. The zero-order chi connectivity index (χ0) is 11.5. The Morgan fingerprint density at radius 3 is 2.88 bits per heavy atom. The molecule has 0 saturated carbocycles. The Labute approximate surface area is 94.3 Å². The van der Waals surface area contributed by atoms with Crippen molar-refractivity contribution in [3.05, 3.63) is 35.4 Å². The van der Waals surface area contributed by atoms with Gasteiger partial charge in [-0.15, -0.1) is 0 Å². The van der Waals surface area contributed by atoms with Gasteiger partial charge in [-0.05, 0) is 26.1 Å². The van der Waals surface area contributed by atoms with Crippen molar-refractivity contribution < 1.29 is 8.78 Å². The van der Waals surface area contributed by atoms with Gasteiger partial charge >= 0.3 is 0 Å². The Hall–Kier alpha value is -1.00. The first-order chi connectivity index (χ1) is 7.66. The summed E-state index contributed by atoms with van der Waals surface area (Å²) in [7, 11) is 1.97. The number of likely N-dealkylation sites (N-methyl/N-ethyl adjacent to an activating group) is 1. The molecule has 1 atom stereocenters. The molecule has 1 heterocycles. The lowest BCUT2D eigenvalue weighted by Gasteiger charge is -2.23. The summed E-state index contributed by atoms with van der Waals surface area (Å²) in [5.74, 6) is -0.982. The van der Waals surface area contributed by atoms with Crippen molar-refractivity contribution in [3.63, 3.8) is 0 Å². The van der Waals surface area contributed by atoms with Crippen molar-refractivity contribution >= 4 is 0 Å². The summed E-state index contributed by atoms with van der Waals surface area (Å²) in [6, 6.07) is 4.21. The molecule has 88 valence electrons. The third kappa shape index (κ3) is 2.57. The SMILES string of the molecule is CN(Cc1ccc(F)cc1F)C1CCNC1. The van der Waals surface area contributed by atoms with Crippen LogP contribution in [0.2, 0.25) is 0 Å². The Morgan fingerprint density at radius 1 is 1.44 bits per heavy atom. The fourth-order valence-corrected chi connectivity index (χ4v) is 2.06. The molecule has 0 spiro atoms. The molecule has 1 aliphatic heterocycles. The summed E-state index contributed by atoms with van der Waals surface area (Å²) >= 11 is 0. The maximum absolute atomic E-state index is 13.4. The number of nitrogens with zero attached hydrogens (tertiary/aromatic N) is 1. The lowest BCUT2D eigenvalue weighted by atomic mass is 10.1. The molecule has 2 nitrogen and oxygen atoms in total. The highest BCUT2D eigenvalue weighted by Gasteiger charge is 2.19. The molecule has 1 fully saturated rings. The van der Waals surface area contributed by atoms with E-state index in [1.54, 1.807) is 0 Å². The minimum Gasteiger partial charge on any atom is -0.315 e. The molecule has 1 aromatic rings. The molecule has 1 unspecified atom stereocenters.